The van der Waals surface area contributed by atoms with Gasteiger partial charge in [0.15, 0.2) is 0 Å². The maximum atomic E-state index is 12.8. The predicted molar refractivity (Wildman–Crippen MR) is 63.4 cm³/mol. The fourth-order valence-corrected chi connectivity index (χ4v) is 2.68. The summed E-state index contributed by atoms with van der Waals surface area (Å²) in [6.45, 7) is 0. The zero-order valence-corrected chi connectivity index (χ0v) is 10.5. The molecule has 0 spiro atoms. The maximum Gasteiger partial charge on any atom is 0.417 e. The number of aliphatic hydroxyl groups is 1. The van der Waals surface area contributed by atoms with Crippen molar-refractivity contribution < 1.29 is 18.3 Å². The van der Waals surface area contributed by atoms with Crippen molar-refractivity contribution in [1.29, 1.82) is 0 Å². The van der Waals surface area contributed by atoms with E-state index in [0.717, 1.165) is 25.3 Å². The van der Waals surface area contributed by atoms with Crippen molar-refractivity contribution in [3.05, 3.63) is 34.3 Å². The third kappa shape index (κ3) is 2.64. The van der Waals surface area contributed by atoms with Gasteiger partial charge in [-0.3, -0.25) is 0 Å². The number of benzene rings is 1. The molecule has 1 saturated carbocycles. The van der Waals surface area contributed by atoms with Gasteiger partial charge in [-0.15, -0.1) is 0 Å². The van der Waals surface area contributed by atoms with E-state index in [1.807, 2.05) is 0 Å². The Bertz CT molecular complexity index is 436. The highest BCUT2D eigenvalue weighted by atomic mass is 35.5. The third-order valence-corrected chi connectivity index (χ3v) is 3.82. The third-order valence-electron chi connectivity index (χ3n) is 3.49. The zero-order chi connectivity index (χ0) is 13.4. The fraction of sp³-hybridized carbons (Fsp3) is 0.538. The van der Waals surface area contributed by atoms with Crippen molar-refractivity contribution in [1.82, 2.24) is 0 Å². The topological polar surface area (TPSA) is 20.2 Å². The average molecular weight is 279 g/mol. The van der Waals surface area contributed by atoms with Crippen LogP contribution in [-0.4, -0.2) is 5.11 Å². The fourth-order valence-electron chi connectivity index (χ4n) is 2.46. The van der Waals surface area contributed by atoms with Crippen LogP contribution in [0.15, 0.2) is 18.2 Å². The summed E-state index contributed by atoms with van der Waals surface area (Å²) in [4.78, 5) is 0. The highest BCUT2D eigenvalue weighted by Crippen LogP contribution is 2.41. The Morgan fingerprint density at radius 3 is 2.28 bits per heavy atom. The van der Waals surface area contributed by atoms with Crippen LogP contribution in [0.3, 0.4) is 0 Å². The van der Waals surface area contributed by atoms with Crippen LogP contribution in [0.4, 0.5) is 13.2 Å². The Morgan fingerprint density at radius 1 is 1.11 bits per heavy atom. The van der Waals surface area contributed by atoms with Crippen molar-refractivity contribution in [2.24, 2.45) is 0 Å². The lowest BCUT2D eigenvalue weighted by Crippen LogP contribution is -2.28. The lowest BCUT2D eigenvalue weighted by Gasteiger charge is -2.33. The van der Waals surface area contributed by atoms with Gasteiger partial charge in [0.1, 0.15) is 0 Å². The minimum atomic E-state index is -4.49. The summed E-state index contributed by atoms with van der Waals surface area (Å²) < 4.78 is 38.3. The standard InChI is InChI=1S/C13H14ClF3O/c14-11-5-4-9(8-10(11)13(15,16)17)12(18)6-2-1-3-7-12/h4-5,8,18H,1-3,6-7H2. The average Bonchev–Trinajstić information content (AvgIpc) is 2.28. The SMILES string of the molecule is OC1(c2ccc(Cl)c(C(F)(F)F)c2)CCCCC1. The first-order valence-corrected chi connectivity index (χ1v) is 6.30. The number of hydrogen-bond donors (Lipinski definition) is 1. The molecule has 2 rings (SSSR count). The molecule has 0 aromatic heterocycles. The molecule has 1 aromatic carbocycles. The first kappa shape index (κ1) is 13.7. The van der Waals surface area contributed by atoms with Gasteiger partial charge >= 0.3 is 6.18 Å². The maximum absolute atomic E-state index is 12.8. The molecule has 0 radical (unpaired) electrons. The van der Waals surface area contributed by atoms with Gasteiger partial charge in [-0.25, -0.2) is 0 Å². The van der Waals surface area contributed by atoms with Crippen LogP contribution in [0.1, 0.15) is 43.2 Å². The molecule has 18 heavy (non-hydrogen) atoms. The van der Waals surface area contributed by atoms with Crippen LogP contribution in [0, 0.1) is 0 Å². The van der Waals surface area contributed by atoms with Gasteiger partial charge in [0.25, 0.3) is 0 Å². The van der Waals surface area contributed by atoms with Gasteiger partial charge in [0.05, 0.1) is 16.2 Å². The summed E-state index contributed by atoms with van der Waals surface area (Å²) in [5, 5.41) is 10.1. The molecule has 1 fully saturated rings. The summed E-state index contributed by atoms with van der Waals surface area (Å²) >= 11 is 5.56. The highest BCUT2D eigenvalue weighted by molar-refractivity contribution is 6.31. The van der Waals surface area contributed by atoms with Crippen LogP contribution in [-0.2, 0) is 11.8 Å². The number of halogens is 4. The Balaban J connectivity index is 2.40. The molecular weight excluding hydrogens is 265 g/mol. The van der Waals surface area contributed by atoms with Crippen LogP contribution < -0.4 is 0 Å². The smallest absolute Gasteiger partial charge is 0.385 e. The normalized spacial score (nSPS) is 19.8. The Hall–Kier alpha value is -0.740. The lowest BCUT2D eigenvalue weighted by atomic mass is 9.79. The molecule has 1 aliphatic rings. The first-order valence-electron chi connectivity index (χ1n) is 5.92. The zero-order valence-electron chi connectivity index (χ0n) is 9.73. The predicted octanol–water partition coefficient (Wildman–Crippen LogP) is 4.51. The van der Waals surface area contributed by atoms with E-state index in [-0.39, 0.29) is 5.02 Å². The van der Waals surface area contributed by atoms with Gasteiger partial charge in [0, 0.05) is 0 Å². The van der Waals surface area contributed by atoms with E-state index in [4.69, 9.17) is 11.6 Å². The second kappa shape index (κ2) is 4.74. The van der Waals surface area contributed by atoms with E-state index in [0.29, 0.717) is 18.4 Å². The van der Waals surface area contributed by atoms with Crippen molar-refractivity contribution in [3.63, 3.8) is 0 Å². The molecular formula is C13H14ClF3O. The first-order chi connectivity index (χ1) is 8.33. The summed E-state index contributed by atoms with van der Waals surface area (Å²) in [6, 6.07) is 3.68. The van der Waals surface area contributed by atoms with Crippen LogP contribution >= 0.6 is 11.6 Å². The molecule has 1 aliphatic carbocycles. The van der Waals surface area contributed by atoms with Gasteiger partial charge in [0.2, 0.25) is 0 Å². The Morgan fingerprint density at radius 2 is 1.72 bits per heavy atom. The van der Waals surface area contributed by atoms with E-state index < -0.39 is 17.3 Å². The van der Waals surface area contributed by atoms with Crippen molar-refractivity contribution >= 4 is 11.6 Å². The van der Waals surface area contributed by atoms with Crippen molar-refractivity contribution in [2.75, 3.05) is 0 Å². The van der Waals surface area contributed by atoms with E-state index in [1.54, 1.807) is 0 Å². The molecule has 1 N–H and O–H groups in total. The summed E-state index contributed by atoms with van der Waals surface area (Å²) in [7, 11) is 0. The molecule has 0 amide bonds. The molecule has 5 heteroatoms. The Kier molecular flexibility index (Phi) is 3.60. The monoisotopic (exact) mass is 278 g/mol. The molecule has 0 aliphatic heterocycles. The minimum absolute atomic E-state index is 0.318. The van der Waals surface area contributed by atoms with Crippen LogP contribution in [0.25, 0.3) is 0 Å². The molecule has 100 valence electrons. The quantitative estimate of drug-likeness (QED) is 0.801. The van der Waals surface area contributed by atoms with Crippen LogP contribution in [0.2, 0.25) is 5.02 Å². The highest BCUT2D eigenvalue weighted by Gasteiger charge is 2.37. The summed E-state index contributed by atoms with van der Waals surface area (Å²) in [5.41, 5.74) is -1.69. The second-order valence-electron chi connectivity index (χ2n) is 4.78. The largest absolute Gasteiger partial charge is 0.417 e. The molecule has 0 bridgehead atoms. The molecule has 0 atom stereocenters. The second-order valence-corrected chi connectivity index (χ2v) is 5.19. The minimum Gasteiger partial charge on any atom is -0.385 e. The number of hydrogen-bond acceptors (Lipinski definition) is 1. The van der Waals surface area contributed by atoms with E-state index >= 15 is 0 Å². The van der Waals surface area contributed by atoms with E-state index in [2.05, 4.69) is 0 Å². The Labute approximate surface area is 109 Å². The number of rotatable bonds is 1. The molecule has 0 unspecified atom stereocenters. The van der Waals surface area contributed by atoms with Gasteiger partial charge in [-0.05, 0) is 30.5 Å². The van der Waals surface area contributed by atoms with E-state index in [1.165, 1.54) is 12.1 Å². The van der Waals surface area contributed by atoms with Gasteiger partial charge < -0.3 is 5.11 Å². The molecule has 0 saturated heterocycles. The molecule has 1 nitrogen and oxygen atoms in total. The summed E-state index contributed by atoms with van der Waals surface area (Å²) in [5.74, 6) is 0. The van der Waals surface area contributed by atoms with E-state index in [9.17, 15) is 18.3 Å². The van der Waals surface area contributed by atoms with Crippen LogP contribution in [0.5, 0.6) is 0 Å². The van der Waals surface area contributed by atoms with Crippen molar-refractivity contribution in [3.8, 4) is 0 Å². The van der Waals surface area contributed by atoms with Gasteiger partial charge in [-0.2, -0.15) is 13.2 Å². The molecule has 1 aromatic rings. The molecule has 0 heterocycles. The lowest BCUT2D eigenvalue weighted by molar-refractivity contribution is -0.137. The number of alkyl halides is 3. The summed E-state index contributed by atoms with van der Waals surface area (Å²) in [6.07, 6.45) is -0.793. The van der Waals surface area contributed by atoms with Crippen molar-refractivity contribution in [2.45, 2.75) is 43.9 Å². The van der Waals surface area contributed by atoms with Gasteiger partial charge in [-0.1, -0.05) is 36.9 Å².